The van der Waals surface area contributed by atoms with Crippen LogP contribution in [0.4, 0.5) is 5.69 Å². The summed E-state index contributed by atoms with van der Waals surface area (Å²) in [6.07, 6.45) is -5.11. The Balaban J connectivity index is 1.34. The van der Waals surface area contributed by atoms with Crippen LogP contribution in [0.2, 0.25) is 0 Å². The van der Waals surface area contributed by atoms with Crippen molar-refractivity contribution in [2.45, 2.75) is 43.2 Å². The number of carbonyl (C=O) groups is 3. The number of phenols is 1. The van der Waals surface area contributed by atoms with Gasteiger partial charge in [0.1, 0.15) is 37.7 Å². The quantitative estimate of drug-likeness (QED) is 0.165. The van der Waals surface area contributed by atoms with E-state index in [-0.39, 0.29) is 64.3 Å². The molecule has 3 aromatic rings. The maximum Gasteiger partial charge on any atom is 0.302 e. The van der Waals surface area contributed by atoms with Gasteiger partial charge in [-0.25, -0.2) is 0 Å². The molecule has 7 N–H and O–H groups in total. The lowest BCUT2D eigenvalue weighted by Gasteiger charge is -2.40. The van der Waals surface area contributed by atoms with Crippen LogP contribution in [0.1, 0.15) is 54.5 Å². The number of para-hydroxylation sites is 1. The van der Waals surface area contributed by atoms with Crippen LogP contribution in [0.25, 0.3) is 0 Å². The molecule has 1 aliphatic carbocycles. The van der Waals surface area contributed by atoms with Crippen molar-refractivity contribution in [1.82, 2.24) is 0 Å². The highest BCUT2D eigenvalue weighted by atomic mass is 16.7. The van der Waals surface area contributed by atoms with E-state index in [0.717, 1.165) is 0 Å². The number of amides is 1. The van der Waals surface area contributed by atoms with E-state index in [0.29, 0.717) is 16.8 Å². The summed E-state index contributed by atoms with van der Waals surface area (Å²) in [5.41, 5.74) is 6.81. The third-order valence-corrected chi connectivity index (χ3v) is 9.42. The molecular formula is C35H29N5O11. The molecule has 3 aromatic carbocycles. The molecule has 4 heterocycles. The van der Waals surface area contributed by atoms with Crippen LogP contribution in [-0.4, -0.2) is 104 Å². The predicted molar refractivity (Wildman–Crippen MR) is 177 cm³/mol. The van der Waals surface area contributed by atoms with E-state index in [4.69, 9.17) is 19.9 Å². The molecule has 1 amide bonds. The fourth-order valence-electron chi connectivity index (χ4n) is 6.88. The van der Waals surface area contributed by atoms with Crippen molar-refractivity contribution in [3.63, 3.8) is 0 Å². The van der Waals surface area contributed by atoms with Crippen molar-refractivity contribution < 1.29 is 54.1 Å². The standard InChI is InChI=1S/C35H29N5O11/c36-35-38-32-24(33(48)39-35)37-13-40(32)21-4-2-1-3-16(21)15-7-8-49-12-22-27(44)29(46)30(47)34(50-22)51-31-19(15)10-20-23(28(31)45)26(43)18-9-14(11-41)5-6-17(18)25(20)42/h1-10,15,22,27,29-30,34,41,44-47H,11-13H2,(H2,36,39,48). The third kappa shape index (κ3) is 5.11. The minimum atomic E-state index is -1.82. The topological polar surface area (TPSA) is 246 Å². The molecule has 6 atom stereocenters. The highest BCUT2D eigenvalue weighted by Crippen LogP contribution is 2.48. The lowest BCUT2D eigenvalue weighted by Crippen LogP contribution is -2.60. The summed E-state index contributed by atoms with van der Waals surface area (Å²) in [4.78, 5) is 54.5. The molecule has 260 valence electrons. The summed E-state index contributed by atoms with van der Waals surface area (Å²) in [6.45, 7) is -0.703. The second-order valence-corrected chi connectivity index (χ2v) is 12.4. The Labute approximate surface area is 288 Å². The van der Waals surface area contributed by atoms with E-state index in [9.17, 15) is 39.9 Å². The number of guanidine groups is 1. The smallest absolute Gasteiger partial charge is 0.302 e. The van der Waals surface area contributed by atoms with Crippen molar-refractivity contribution in [2.24, 2.45) is 20.7 Å². The number of allylic oxidation sites excluding steroid dienone is 1. The lowest BCUT2D eigenvalue weighted by molar-refractivity contribution is -0.277. The van der Waals surface area contributed by atoms with Gasteiger partial charge in [0.2, 0.25) is 12.2 Å². The van der Waals surface area contributed by atoms with Gasteiger partial charge in [0.15, 0.2) is 34.6 Å². The number of fused-ring (bicyclic) bond motifs is 6. The first-order chi connectivity index (χ1) is 24.6. The number of benzene rings is 3. The fourth-order valence-corrected chi connectivity index (χ4v) is 6.88. The van der Waals surface area contributed by atoms with Gasteiger partial charge in [0, 0.05) is 33.9 Å². The molecule has 6 unspecified atom stereocenters. The Kier molecular flexibility index (Phi) is 7.77. The molecule has 4 aliphatic heterocycles. The molecule has 0 aromatic heterocycles. The van der Waals surface area contributed by atoms with Crippen LogP contribution in [0.5, 0.6) is 11.5 Å². The van der Waals surface area contributed by atoms with E-state index in [2.05, 4.69) is 15.0 Å². The fraction of sp³-hybridized carbons (Fsp3) is 0.257. The average molecular weight is 696 g/mol. The van der Waals surface area contributed by atoms with Crippen LogP contribution in [0.3, 0.4) is 0 Å². The van der Waals surface area contributed by atoms with E-state index in [1.165, 1.54) is 30.5 Å². The number of aliphatic hydroxyl groups excluding tert-OH is 4. The first kappa shape index (κ1) is 32.4. The Morgan fingerprint density at radius 3 is 2.51 bits per heavy atom. The Bertz CT molecular complexity index is 2160. The zero-order valence-electron chi connectivity index (χ0n) is 26.4. The Hall–Kier alpha value is -5.78. The van der Waals surface area contributed by atoms with Gasteiger partial charge in [0.05, 0.1) is 18.4 Å². The van der Waals surface area contributed by atoms with Gasteiger partial charge in [-0.1, -0.05) is 24.3 Å². The zero-order valence-corrected chi connectivity index (χ0v) is 26.4. The second kappa shape index (κ2) is 12.2. The van der Waals surface area contributed by atoms with Crippen LogP contribution in [0.15, 0.2) is 75.8 Å². The molecule has 16 nitrogen and oxygen atoms in total. The maximum absolute atomic E-state index is 14.0. The van der Waals surface area contributed by atoms with Crippen molar-refractivity contribution in [3.8, 4) is 11.5 Å². The normalized spacial score (nSPS) is 26.7. The first-order valence-electron chi connectivity index (χ1n) is 15.8. The number of nitrogens with zero attached hydrogens (tertiary/aromatic N) is 4. The maximum atomic E-state index is 14.0. The van der Waals surface area contributed by atoms with Crippen molar-refractivity contribution in [1.29, 1.82) is 0 Å². The number of nitrogens with two attached hydrogens (primary N) is 1. The van der Waals surface area contributed by atoms with Crippen LogP contribution in [0, 0.1) is 0 Å². The van der Waals surface area contributed by atoms with E-state index < -0.39 is 66.5 Å². The van der Waals surface area contributed by atoms with Crippen molar-refractivity contribution in [3.05, 3.63) is 99.8 Å². The molecule has 1 saturated heterocycles. The first-order valence-corrected chi connectivity index (χ1v) is 15.8. The summed E-state index contributed by atoms with van der Waals surface area (Å²) >= 11 is 0. The Morgan fingerprint density at radius 1 is 0.902 bits per heavy atom. The number of aliphatic hydroxyl groups is 4. The summed E-state index contributed by atoms with van der Waals surface area (Å²) in [6, 6.07) is 12.7. The Morgan fingerprint density at radius 2 is 1.71 bits per heavy atom. The van der Waals surface area contributed by atoms with Crippen molar-refractivity contribution >= 4 is 40.7 Å². The minimum absolute atomic E-state index is 0.0124. The number of hydrogen-bond donors (Lipinski definition) is 6. The summed E-state index contributed by atoms with van der Waals surface area (Å²) in [5, 5.41) is 53.9. The van der Waals surface area contributed by atoms with Crippen molar-refractivity contribution in [2.75, 3.05) is 18.2 Å². The SMILES string of the molecule is NC1=NC(=O)C2=NCN(c3ccccc3C3C=COCC4OC(Oc5c3cc3c(c5O)C(=O)c5cc(CO)ccc5C3=O)C(O)C(O)C4O)C2=N1. The number of hydrogen-bond acceptors (Lipinski definition) is 15. The summed E-state index contributed by atoms with van der Waals surface area (Å²) < 4.78 is 17.7. The van der Waals surface area contributed by atoms with E-state index >= 15 is 0 Å². The lowest BCUT2D eigenvalue weighted by atomic mass is 9.79. The second-order valence-electron chi connectivity index (χ2n) is 12.4. The molecule has 5 aliphatic rings. The number of aromatic hydroxyl groups is 1. The summed E-state index contributed by atoms with van der Waals surface area (Å²) in [5.74, 6) is -4.11. The molecule has 2 bridgehead atoms. The molecule has 1 fully saturated rings. The van der Waals surface area contributed by atoms with E-state index in [1.807, 2.05) is 0 Å². The van der Waals surface area contributed by atoms with Crippen LogP contribution < -0.4 is 15.4 Å². The number of aliphatic imine (C=N–C) groups is 3. The number of ether oxygens (including phenoxy) is 3. The highest BCUT2D eigenvalue weighted by Gasteiger charge is 2.47. The molecule has 0 spiro atoms. The highest BCUT2D eigenvalue weighted by molar-refractivity contribution is 6.72. The number of rotatable bonds is 3. The molecule has 8 rings (SSSR count). The monoisotopic (exact) mass is 695 g/mol. The van der Waals surface area contributed by atoms with Gasteiger partial charge in [0.25, 0.3) is 0 Å². The van der Waals surface area contributed by atoms with Gasteiger partial charge in [-0.2, -0.15) is 9.98 Å². The zero-order chi connectivity index (χ0) is 35.7. The van der Waals surface area contributed by atoms with Gasteiger partial charge in [-0.05, 0) is 41.5 Å². The van der Waals surface area contributed by atoms with Gasteiger partial charge < -0.3 is 50.4 Å². The molecule has 0 radical (unpaired) electrons. The minimum Gasteiger partial charge on any atom is -0.504 e. The molecular weight excluding hydrogens is 666 g/mol. The number of ketones is 2. The van der Waals surface area contributed by atoms with Crippen LogP contribution >= 0.6 is 0 Å². The predicted octanol–water partition coefficient (Wildman–Crippen LogP) is -0.00600. The van der Waals surface area contributed by atoms with E-state index in [1.54, 1.807) is 35.2 Å². The number of phenolic OH excluding ortho intramolecular Hbond substituents is 1. The number of anilines is 1. The largest absolute Gasteiger partial charge is 0.504 e. The number of amidine groups is 1. The third-order valence-electron chi connectivity index (χ3n) is 9.42. The van der Waals surface area contributed by atoms with Gasteiger partial charge in [-0.3, -0.25) is 19.4 Å². The summed E-state index contributed by atoms with van der Waals surface area (Å²) in [7, 11) is 0. The number of carbonyl (C=O) groups excluding carboxylic acids is 3. The van der Waals surface area contributed by atoms with Crippen LogP contribution in [-0.2, 0) is 20.9 Å². The average Bonchev–Trinajstić information content (AvgIpc) is 3.54. The molecule has 0 saturated carbocycles. The molecule has 51 heavy (non-hydrogen) atoms. The molecule has 16 heteroatoms. The van der Waals surface area contributed by atoms with Gasteiger partial charge in [-0.15, -0.1) is 0 Å². The van der Waals surface area contributed by atoms with Gasteiger partial charge >= 0.3 is 5.91 Å².